The molecule has 2 heterocycles. The first-order valence-corrected chi connectivity index (χ1v) is 13.7. The quantitative estimate of drug-likeness (QED) is 0.201. The van der Waals surface area contributed by atoms with Gasteiger partial charge < -0.3 is 9.84 Å². The van der Waals surface area contributed by atoms with Crippen LogP contribution in [0.25, 0.3) is 17.1 Å². The van der Waals surface area contributed by atoms with Gasteiger partial charge >= 0.3 is 18.5 Å². The van der Waals surface area contributed by atoms with Crippen molar-refractivity contribution < 1.29 is 45.7 Å². The fourth-order valence-electron chi connectivity index (χ4n) is 5.44. The van der Waals surface area contributed by atoms with Gasteiger partial charge in [0.05, 0.1) is 18.0 Å². The molecule has 0 amide bonds. The van der Waals surface area contributed by atoms with E-state index in [4.69, 9.17) is 4.74 Å². The Morgan fingerprint density at radius 1 is 0.977 bits per heavy atom. The number of hydrogen-bond acceptors (Lipinski definition) is 5. The number of hydrogen-bond donors (Lipinski definition) is 1. The Morgan fingerprint density at radius 3 is 2.36 bits per heavy atom. The third kappa shape index (κ3) is 7.04. The standard InChI is InChI=1S/C31H27F6N3O4/c1-18-15-20(19-11-13-22(14-12-19)44-31(35,36)37)9-10-21(18)17-43-26-7-3-2-5-23(26)25-6-4-8-27(39-25)40-28(30(32,33)34)24(16-38-40)29(41)42/h2-10,15-16,19,22H,11-14,17H2,1H3,(H,41,42). The van der Waals surface area contributed by atoms with Gasteiger partial charge in [0.25, 0.3) is 0 Å². The lowest BCUT2D eigenvalue weighted by Crippen LogP contribution is -2.27. The SMILES string of the molecule is Cc1cc(C2CCC(OC(F)(F)F)CC2)ccc1COc1ccccc1-c1cccc(-n2ncc(C(=O)O)c2C(F)(F)F)n1. The van der Waals surface area contributed by atoms with Gasteiger partial charge in [0.2, 0.25) is 0 Å². The fourth-order valence-corrected chi connectivity index (χ4v) is 5.44. The number of nitrogens with zero attached hydrogens (tertiary/aromatic N) is 3. The second-order valence-corrected chi connectivity index (χ2v) is 10.5. The van der Waals surface area contributed by atoms with Crippen LogP contribution in [-0.4, -0.2) is 38.3 Å². The summed E-state index contributed by atoms with van der Waals surface area (Å²) in [6.07, 6.45) is -7.95. The Hall–Kier alpha value is -4.39. The molecule has 1 fully saturated rings. The number of ether oxygens (including phenoxy) is 2. The summed E-state index contributed by atoms with van der Waals surface area (Å²) in [6, 6.07) is 17.1. The second-order valence-electron chi connectivity index (χ2n) is 10.5. The lowest BCUT2D eigenvalue weighted by atomic mass is 9.82. The van der Waals surface area contributed by atoms with Crippen LogP contribution in [0.2, 0.25) is 0 Å². The van der Waals surface area contributed by atoms with E-state index in [-0.39, 0.29) is 24.0 Å². The first-order valence-electron chi connectivity index (χ1n) is 13.7. The molecule has 232 valence electrons. The third-order valence-corrected chi connectivity index (χ3v) is 7.58. The highest BCUT2D eigenvalue weighted by atomic mass is 19.4. The van der Waals surface area contributed by atoms with E-state index in [9.17, 15) is 36.2 Å². The van der Waals surface area contributed by atoms with Crippen molar-refractivity contribution in [3.05, 3.63) is 94.8 Å². The van der Waals surface area contributed by atoms with Crippen molar-refractivity contribution in [1.82, 2.24) is 14.8 Å². The Morgan fingerprint density at radius 2 is 1.70 bits per heavy atom. The van der Waals surface area contributed by atoms with E-state index in [1.807, 2.05) is 25.1 Å². The number of rotatable bonds is 8. The van der Waals surface area contributed by atoms with Gasteiger partial charge in [-0.3, -0.25) is 4.74 Å². The summed E-state index contributed by atoms with van der Waals surface area (Å²) in [6.45, 7) is 2.10. The van der Waals surface area contributed by atoms with E-state index in [2.05, 4.69) is 14.8 Å². The summed E-state index contributed by atoms with van der Waals surface area (Å²) < 4.78 is 89.7. The average Bonchev–Trinajstić information content (AvgIpc) is 3.43. The lowest BCUT2D eigenvalue weighted by molar-refractivity contribution is -0.345. The number of carboxylic acids is 1. The van der Waals surface area contributed by atoms with Crippen LogP contribution in [0.4, 0.5) is 26.3 Å². The minimum Gasteiger partial charge on any atom is -0.488 e. The van der Waals surface area contributed by atoms with Crippen molar-refractivity contribution in [1.29, 1.82) is 0 Å². The molecule has 2 aromatic heterocycles. The number of carbonyl (C=O) groups is 1. The summed E-state index contributed by atoms with van der Waals surface area (Å²) >= 11 is 0. The number of benzene rings is 2. The van der Waals surface area contributed by atoms with E-state index in [1.165, 1.54) is 12.1 Å². The zero-order valence-corrected chi connectivity index (χ0v) is 23.3. The number of aromatic nitrogens is 3. The van der Waals surface area contributed by atoms with Crippen LogP contribution in [0.1, 0.15) is 64.3 Å². The molecule has 0 aliphatic heterocycles. The normalized spacial score (nSPS) is 17.4. The van der Waals surface area contributed by atoms with Crippen LogP contribution in [0, 0.1) is 6.92 Å². The predicted octanol–water partition coefficient (Wildman–Crippen LogP) is 8.10. The van der Waals surface area contributed by atoms with Crippen molar-refractivity contribution in [3.8, 4) is 22.8 Å². The number of alkyl halides is 6. The molecule has 13 heteroatoms. The zero-order valence-electron chi connectivity index (χ0n) is 23.3. The molecule has 1 aliphatic rings. The van der Waals surface area contributed by atoms with Gasteiger partial charge in [-0.2, -0.15) is 18.3 Å². The highest BCUT2D eigenvalue weighted by molar-refractivity contribution is 5.89. The van der Waals surface area contributed by atoms with E-state index in [0.29, 0.717) is 47.9 Å². The summed E-state index contributed by atoms with van der Waals surface area (Å²) in [5, 5.41) is 12.9. The minimum absolute atomic E-state index is 0.134. The molecule has 7 nitrogen and oxygen atoms in total. The summed E-state index contributed by atoms with van der Waals surface area (Å²) in [4.78, 5) is 15.7. The molecule has 0 radical (unpaired) electrons. The Kier molecular flexibility index (Phi) is 8.69. The van der Waals surface area contributed by atoms with Crippen LogP contribution in [-0.2, 0) is 17.5 Å². The Labute approximate surface area is 248 Å². The maximum absolute atomic E-state index is 13.8. The van der Waals surface area contributed by atoms with Gasteiger partial charge in [-0.25, -0.2) is 14.5 Å². The van der Waals surface area contributed by atoms with Crippen LogP contribution in [0.5, 0.6) is 5.75 Å². The molecule has 0 bridgehead atoms. The number of halogens is 6. The summed E-state index contributed by atoms with van der Waals surface area (Å²) in [7, 11) is 0. The maximum atomic E-state index is 13.8. The fraction of sp³-hybridized carbons (Fsp3) is 0.323. The molecule has 1 saturated carbocycles. The Balaban J connectivity index is 1.32. The first-order chi connectivity index (χ1) is 20.8. The second kappa shape index (κ2) is 12.3. The first kappa shape index (κ1) is 31.0. The Bertz CT molecular complexity index is 1640. The van der Waals surface area contributed by atoms with Gasteiger partial charge in [0, 0.05) is 5.56 Å². The van der Waals surface area contributed by atoms with Crippen LogP contribution < -0.4 is 4.74 Å². The maximum Gasteiger partial charge on any atom is 0.522 e. The van der Waals surface area contributed by atoms with E-state index >= 15 is 0 Å². The van der Waals surface area contributed by atoms with E-state index < -0.39 is 35.9 Å². The number of para-hydroxylation sites is 1. The predicted molar refractivity (Wildman–Crippen MR) is 146 cm³/mol. The van der Waals surface area contributed by atoms with E-state index in [1.54, 1.807) is 30.3 Å². The summed E-state index contributed by atoms with van der Waals surface area (Å²) in [5.41, 5.74) is 1.23. The van der Waals surface area contributed by atoms with Gasteiger partial charge in [-0.15, -0.1) is 13.2 Å². The number of carboxylic acid groups (broad SMARTS) is 1. The molecule has 0 atom stereocenters. The van der Waals surface area contributed by atoms with Crippen molar-refractivity contribution >= 4 is 5.97 Å². The van der Waals surface area contributed by atoms with Crippen LogP contribution in [0.3, 0.4) is 0 Å². The molecular formula is C31H27F6N3O4. The highest BCUT2D eigenvalue weighted by Gasteiger charge is 2.41. The van der Waals surface area contributed by atoms with Crippen molar-refractivity contribution in [3.63, 3.8) is 0 Å². The van der Waals surface area contributed by atoms with Gasteiger partial charge in [-0.05, 0) is 79.5 Å². The zero-order chi connectivity index (χ0) is 31.6. The molecule has 5 rings (SSSR count). The molecule has 44 heavy (non-hydrogen) atoms. The lowest BCUT2D eigenvalue weighted by Gasteiger charge is -2.29. The molecule has 4 aromatic rings. The topological polar surface area (TPSA) is 86.5 Å². The van der Waals surface area contributed by atoms with Gasteiger partial charge in [0.1, 0.15) is 17.9 Å². The molecule has 1 N–H and O–H groups in total. The van der Waals surface area contributed by atoms with E-state index in [0.717, 1.165) is 16.7 Å². The molecular weight excluding hydrogens is 592 g/mol. The number of pyridine rings is 1. The van der Waals surface area contributed by atoms with Crippen LogP contribution in [0.15, 0.2) is 66.9 Å². The molecule has 1 aliphatic carbocycles. The minimum atomic E-state index is -4.99. The average molecular weight is 620 g/mol. The number of aryl methyl sites for hydroxylation is 1. The summed E-state index contributed by atoms with van der Waals surface area (Å²) in [5.74, 6) is -1.42. The van der Waals surface area contributed by atoms with Crippen molar-refractivity contribution in [2.24, 2.45) is 0 Å². The van der Waals surface area contributed by atoms with Crippen molar-refractivity contribution in [2.45, 2.75) is 63.8 Å². The third-order valence-electron chi connectivity index (χ3n) is 7.58. The number of aromatic carboxylic acids is 1. The smallest absolute Gasteiger partial charge is 0.488 e. The molecule has 2 aromatic carbocycles. The largest absolute Gasteiger partial charge is 0.522 e. The molecule has 0 unspecified atom stereocenters. The van der Waals surface area contributed by atoms with Crippen molar-refractivity contribution in [2.75, 3.05) is 0 Å². The molecule has 0 saturated heterocycles. The van der Waals surface area contributed by atoms with Gasteiger partial charge in [0.15, 0.2) is 11.5 Å². The monoisotopic (exact) mass is 619 g/mol. The highest BCUT2D eigenvalue weighted by Crippen LogP contribution is 2.38. The van der Waals surface area contributed by atoms with Crippen LogP contribution >= 0.6 is 0 Å². The molecule has 0 spiro atoms. The van der Waals surface area contributed by atoms with Gasteiger partial charge in [-0.1, -0.05) is 36.4 Å².